The Bertz CT molecular complexity index is 785. The Morgan fingerprint density at radius 1 is 1.21 bits per heavy atom. The van der Waals surface area contributed by atoms with Crippen LogP contribution < -0.4 is 0 Å². The summed E-state index contributed by atoms with van der Waals surface area (Å²) in [6.45, 7) is 2.72. The number of aromatic nitrogens is 1. The topological polar surface area (TPSA) is 49.5 Å². The van der Waals surface area contributed by atoms with Gasteiger partial charge in [-0.25, -0.2) is 0 Å². The van der Waals surface area contributed by atoms with E-state index in [1.807, 2.05) is 41.8 Å². The lowest BCUT2D eigenvalue weighted by Gasteiger charge is -2.27. The fraction of sp³-hybridized carbons (Fsp3) is 0.316. The second kappa shape index (κ2) is 6.51. The zero-order valence-corrected chi connectivity index (χ0v) is 14.2. The first kappa shape index (κ1) is 15.6. The van der Waals surface area contributed by atoms with Gasteiger partial charge in [0.1, 0.15) is 0 Å². The number of likely N-dealkylation sites (tertiary alicyclic amines) is 1. The van der Waals surface area contributed by atoms with Gasteiger partial charge in [0.05, 0.1) is 17.2 Å². The number of hydrogen-bond donors (Lipinski definition) is 1. The molecule has 1 aliphatic rings. The molecule has 0 bridgehead atoms. The molecule has 1 N–H and O–H groups in total. The highest BCUT2D eigenvalue weighted by atomic mass is 32.1. The van der Waals surface area contributed by atoms with E-state index in [9.17, 15) is 5.11 Å². The third-order valence-electron chi connectivity index (χ3n) is 4.83. The second-order valence-electron chi connectivity index (χ2n) is 6.42. The zero-order chi connectivity index (χ0) is 16.4. The van der Waals surface area contributed by atoms with Gasteiger partial charge in [-0.3, -0.25) is 4.90 Å². The SMILES string of the molecule is OCC1(c2ccccc2)CCN(Cc2cc(-c3cccs3)on2)C1. The number of rotatable bonds is 5. The average molecular weight is 340 g/mol. The fourth-order valence-corrected chi connectivity index (χ4v) is 4.16. The Hall–Kier alpha value is -1.95. The van der Waals surface area contributed by atoms with Gasteiger partial charge in [0.15, 0.2) is 5.76 Å². The van der Waals surface area contributed by atoms with Crippen LogP contribution in [0.2, 0.25) is 0 Å². The van der Waals surface area contributed by atoms with Crippen molar-refractivity contribution in [3.05, 3.63) is 65.2 Å². The van der Waals surface area contributed by atoms with E-state index in [1.165, 1.54) is 5.56 Å². The molecule has 24 heavy (non-hydrogen) atoms. The number of aliphatic hydroxyl groups is 1. The third-order valence-corrected chi connectivity index (χ3v) is 5.71. The van der Waals surface area contributed by atoms with Crippen LogP contribution >= 0.6 is 11.3 Å². The molecule has 1 aliphatic heterocycles. The Kier molecular flexibility index (Phi) is 4.22. The summed E-state index contributed by atoms with van der Waals surface area (Å²) in [4.78, 5) is 3.45. The standard InChI is InChI=1S/C19H20N2O2S/c22-14-19(15-5-2-1-3-6-15)8-9-21(13-19)12-16-11-17(23-20-16)18-7-4-10-24-18/h1-7,10-11,22H,8-9,12-14H2. The Morgan fingerprint density at radius 2 is 2.08 bits per heavy atom. The van der Waals surface area contributed by atoms with Crippen molar-refractivity contribution in [1.29, 1.82) is 0 Å². The largest absolute Gasteiger partial charge is 0.395 e. The van der Waals surface area contributed by atoms with Crippen molar-refractivity contribution in [2.45, 2.75) is 18.4 Å². The zero-order valence-electron chi connectivity index (χ0n) is 13.4. The van der Waals surface area contributed by atoms with E-state index >= 15 is 0 Å². The van der Waals surface area contributed by atoms with Crippen LogP contribution in [0.5, 0.6) is 0 Å². The van der Waals surface area contributed by atoms with Gasteiger partial charge in [-0.1, -0.05) is 41.6 Å². The van der Waals surface area contributed by atoms with Gasteiger partial charge in [-0.05, 0) is 30.0 Å². The van der Waals surface area contributed by atoms with E-state index in [2.05, 4.69) is 22.2 Å². The lowest BCUT2D eigenvalue weighted by atomic mass is 9.80. The quantitative estimate of drug-likeness (QED) is 0.772. The molecule has 1 saturated heterocycles. The molecule has 1 atom stereocenters. The predicted octanol–water partition coefficient (Wildman–Crippen LogP) is 3.54. The van der Waals surface area contributed by atoms with Crippen LogP contribution in [0.3, 0.4) is 0 Å². The van der Waals surface area contributed by atoms with E-state index in [-0.39, 0.29) is 12.0 Å². The van der Waals surface area contributed by atoms with Gasteiger partial charge in [0.25, 0.3) is 0 Å². The normalized spacial score (nSPS) is 21.4. The molecule has 4 rings (SSSR count). The molecule has 0 spiro atoms. The van der Waals surface area contributed by atoms with Crippen LogP contribution in [0.4, 0.5) is 0 Å². The minimum Gasteiger partial charge on any atom is -0.395 e. The van der Waals surface area contributed by atoms with Crippen molar-refractivity contribution in [2.75, 3.05) is 19.7 Å². The molecule has 3 heterocycles. The van der Waals surface area contributed by atoms with E-state index in [0.29, 0.717) is 0 Å². The van der Waals surface area contributed by atoms with Crippen molar-refractivity contribution in [2.24, 2.45) is 0 Å². The van der Waals surface area contributed by atoms with E-state index in [0.717, 1.165) is 42.4 Å². The molecule has 1 fully saturated rings. The highest BCUT2D eigenvalue weighted by Crippen LogP contribution is 2.35. The summed E-state index contributed by atoms with van der Waals surface area (Å²) in [6.07, 6.45) is 0.961. The van der Waals surface area contributed by atoms with Crippen LogP contribution in [0.15, 0.2) is 58.4 Å². The Balaban J connectivity index is 1.47. The molecule has 3 aromatic rings. The molecule has 124 valence electrons. The van der Waals surface area contributed by atoms with E-state index < -0.39 is 0 Å². The van der Waals surface area contributed by atoms with Crippen molar-refractivity contribution >= 4 is 11.3 Å². The minimum absolute atomic E-state index is 0.165. The summed E-state index contributed by atoms with van der Waals surface area (Å²) in [5.74, 6) is 0.829. The monoisotopic (exact) mass is 340 g/mol. The molecule has 0 radical (unpaired) electrons. The molecule has 5 heteroatoms. The number of hydrogen-bond acceptors (Lipinski definition) is 5. The first-order valence-electron chi connectivity index (χ1n) is 8.17. The lowest BCUT2D eigenvalue weighted by molar-refractivity contribution is 0.187. The number of nitrogens with zero attached hydrogens (tertiary/aromatic N) is 2. The summed E-state index contributed by atoms with van der Waals surface area (Å²) in [5.41, 5.74) is 2.00. The van der Waals surface area contributed by atoms with Crippen molar-refractivity contribution < 1.29 is 9.63 Å². The molecule has 1 unspecified atom stereocenters. The molecule has 2 aromatic heterocycles. The Labute approximate surface area is 145 Å². The molecule has 0 amide bonds. The van der Waals surface area contributed by atoms with E-state index in [4.69, 9.17) is 4.52 Å². The summed E-state index contributed by atoms with van der Waals surface area (Å²) in [7, 11) is 0. The molecular formula is C19H20N2O2S. The highest BCUT2D eigenvalue weighted by Gasteiger charge is 2.39. The summed E-state index contributed by atoms with van der Waals surface area (Å²) in [5, 5.41) is 16.3. The first-order chi connectivity index (χ1) is 11.8. The lowest BCUT2D eigenvalue weighted by Crippen LogP contribution is -2.34. The Morgan fingerprint density at radius 3 is 2.83 bits per heavy atom. The molecule has 0 aliphatic carbocycles. The summed E-state index contributed by atoms with van der Waals surface area (Å²) in [6, 6.07) is 16.4. The fourth-order valence-electron chi connectivity index (χ4n) is 3.49. The maximum atomic E-state index is 10.0. The smallest absolute Gasteiger partial charge is 0.177 e. The van der Waals surface area contributed by atoms with Crippen LogP contribution in [0.25, 0.3) is 10.6 Å². The van der Waals surface area contributed by atoms with Gasteiger partial charge in [-0.2, -0.15) is 0 Å². The second-order valence-corrected chi connectivity index (χ2v) is 7.37. The minimum atomic E-state index is -0.165. The van der Waals surface area contributed by atoms with Crippen LogP contribution in [-0.4, -0.2) is 34.9 Å². The maximum Gasteiger partial charge on any atom is 0.177 e. The van der Waals surface area contributed by atoms with Gasteiger partial charge in [-0.15, -0.1) is 11.3 Å². The molecular weight excluding hydrogens is 320 g/mol. The van der Waals surface area contributed by atoms with Crippen molar-refractivity contribution in [1.82, 2.24) is 10.1 Å². The molecule has 1 aromatic carbocycles. The van der Waals surface area contributed by atoms with Crippen LogP contribution in [-0.2, 0) is 12.0 Å². The van der Waals surface area contributed by atoms with Gasteiger partial charge >= 0.3 is 0 Å². The van der Waals surface area contributed by atoms with Gasteiger partial charge in [0.2, 0.25) is 0 Å². The van der Waals surface area contributed by atoms with Crippen LogP contribution in [0.1, 0.15) is 17.7 Å². The maximum absolute atomic E-state index is 10.0. The van der Waals surface area contributed by atoms with E-state index in [1.54, 1.807) is 11.3 Å². The van der Waals surface area contributed by atoms with Crippen molar-refractivity contribution in [3.63, 3.8) is 0 Å². The average Bonchev–Trinajstić information content (AvgIpc) is 3.37. The molecule has 0 saturated carbocycles. The van der Waals surface area contributed by atoms with Crippen LogP contribution in [0, 0.1) is 0 Å². The third kappa shape index (κ3) is 2.90. The number of benzene rings is 1. The number of thiophene rings is 1. The first-order valence-corrected chi connectivity index (χ1v) is 9.05. The predicted molar refractivity (Wildman–Crippen MR) is 94.9 cm³/mol. The van der Waals surface area contributed by atoms with Gasteiger partial charge in [0, 0.05) is 24.6 Å². The van der Waals surface area contributed by atoms with Crippen molar-refractivity contribution in [3.8, 4) is 10.6 Å². The highest BCUT2D eigenvalue weighted by molar-refractivity contribution is 7.13. The van der Waals surface area contributed by atoms with Gasteiger partial charge < -0.3 is 9.63 Å². The number of aliphatic hydroxyl groups excluding tert-OH is 1. The summed E-state index contributed by atoms with van der Waals surface area (Å²) >= 11 is 1.65. The summed E-state index contributed by atoms with van der Waals surface area (Å²) < 4.78 is 5.47. The molecule has 4 nitrogen and oxygen atoms in total.